The minimum atomic E-state index is -0.00769. The number of carbonyl (C=O) groups is 1. The lowest BCUT2D eigenvalue weighted by Gasteiger charge is -2.02. The maximum Gasteiger partial charge on any atom is 0.167 e. The number of benzene rings is 1. The van der Waals surface area contributed by atoms with Crippen LogP contribution in [0.2, 0.25) is 5.02 Å². The van der Waals surface area contributed by atoms with Crippen LogP contribution in [0.4, 0.5) is 5.69 Å². The summed E-state index contributed by atoms with van der Waals surface area (Å²) in [4.78, 5) is 11.6. The summed E-state index contributed by atoms with van der Waals surface area (Å²) in [5, 5.41) is 0.482. The lowest BCUT2D eigenvalue weighted by Crippen LogP contribution is -2.00. The molecule has 3 heteroatoms. The molecule has 0 aliphatic heterocycles. The van der Waals surface area contributed by atoms with E-state index in [0.29, 0.717) is 22.7 Å². The van der Waals surface area contributed by atoms with Gasteiger partial charge in [0.15, 0.2) is 5.78 Å². The van der Waals surface area contributed by atoms with Gasteiger partial charge in [0.1, 0.15) is 0 Å². The number of nitrogen functional groups attached to an aromatic ring is 1. The molecule has 2 nitrogen and oxygen atoms in total. The SMILES string of the molecule is C=C(C)CC(=O)c1cc(N)cc(Cl)c1. The predicted molar refractivity (Wildman–Crippen MR) is 59.6 cm³/mol. The fraction of sp³-hybridized carbons (Fsp3) is 0.182. The van der Waals surface area contributed by atoms with Crippen molar-refractivity contribution in [1.29, 1.82) is 0 Å². The summed E-state index contributed by atoms with van der Waals surface area (Å²) in [5.41, 5.74) is 7.44. The molecule has 0 fully saturated rings. The van der Waals surface area contributed by atoms with Crippen LogP contribution in [0.25, 0.3) is 0 Å². The third-order valence-corrected chi connectivity index (χ3v) is 1.92. The summed E-state index contributed by atoms with van der Waals surface area (Å²) >= 11 is 5.78. The molecule has 2 N–H and O–H groups in total. The van der Waals surface area contributed by atoms with Crippen molar-refractivity contribution in [2.75, 3.05) is 5.73 Å². The van der Waals surface area contributed by atoms with Gasteiger partial charge < -0.3 is 5.73 Å². The van der Waals surface area contributed by atoms with Gasteiger partial charge in [-0.05, 0) is 25.1 Å². The van der Waals surface area contributed by atoms with E-state index in [1.54, 1.807) is 18.2 Å². The van der Waals surface area contributed by atoms with Gasteiger partial charge in [0.25, 0.3) is 0 Å². The zero-order valence-corrected chi connectivity index (χ0v) is 8.77. The molecule has 0 amide bonds. The largest absolute Gasteiger partial charge is 0.399 e. The van der Waals surface area contributed by atoms with Gasteiger partial charge in [-0.3, -0.25) is 4.79 Å². The van der Waals surface area contributed by atoms with E-state index < -0.39 is 0 Å². The summed E-state index contributed by atoms with van der Waals surface area (Å²) in [6.07, 6.45) is 0.333. The Balaban J connectivity index is 2.95. The summed E-state index contributed by atoms with van der Waals surface area (Å²) in [6, 6.07) is 4.85. The topological polar surface area (TPSA) is 43.1 Å². The third kappa shape index (κ3) is 2.89. The van der Waals surface area contributed by atoms with Crippen molar-refractivity contribution in [3.63, 3.8) is 0 Å². The molecular formula is C11H12ClNO. The molecule has 0 aliphatic carbocycles. The number of ketones is 1. The molecule has 1 aromatic carbocycles. The number of hydrogen-bond acceptors (Lipinski definition) is 2. The Morgan fingerprint density at radius 1 is 1.50 bits per heavy atom. The monoisotopic (exact) mass is 209 g/mol. The fourth-order valence-electron chi connectivity index (χ4n) is 1.15. The molecule has 1 rings (SSSR count). The van der Waals surface area contributed by atoms with Crippen LogP contribution >= 0.6 is 11.6 Å². The Kier molecular flexibility index (Phi) is 3.31. The van der Waals surface area contributed by atoms with Gasteiger partial charge in [0.05, 0.1) is 0 Å². The van der Waals surface area contributed by atoms with Gasteiger partial charge in [-0.25, -0.2) is 0 Å². The molecule has 74 valence electrons. The van der Waals surface area contributed by atoms with Gasteiger partial charge in [0.2, 0.25) is 0 Å². The van der Waals surface area contributed by atoms with Crippen molar-refractivity contribution in [2.45, 2.75) is 13.3 Å². The van der Waals surface area contributed by atoms with Crippen LogP contribution in [-0.2, 0) is 0 Å². The van der Waals surface area contributed by atoms with Crippen molar-refractivity contribution in [1.82, 2.24) is 0 Å². The number of nitrogens with two attached hydrogens (primary N) is 1. The molecule has 0 spiro atoms. The third-order valence-electron chi connectivity index (χ3n) is 1.70. The highest BCUT2D eigenvalue weighted by Crippen LogP contribution is 2.18. The molecular weight excluding hydrogens is 198 g/mol. The zero-order valence-electron chi connectivity index (χ0n) is 8.01. The molecule has 0 bridgehead atoms. The molecule has 0 heterocycles. The van der Waals surface area contributed by atoms with Crippen LogP contribution in [0.5, 0.6) is 0 Å². The molecule has 0 saturated carbocycles. The van der Waals surface area contributed by atoms with E-state index in [0.717, 1.165) is 5.57 Å². The van der Waals surface area contributed by atoms with Crippen molar-refractivity contribution in [3.8, 4) is 0 Å². The average molecular weight is 210 g/mol. The Morgan fingerprint density at radius 3 is 2.64 bits per heavy atom. The Hall–Kier alpha value is -1.28. The van der Waals surface area contributed by atoms with E-state index in [4.69, 9.17) is 17.3 Å². The van der Waals surface area contributed by atoms with Crippen LogP contribution in [0, 0.1) is 0 Å². The van der Waals surface area contributed by atoms with Crippen LogP contribution in [0.15, 0.2) is 30.4 Å². The minimum Gasteiger partial charge on any atom is -0.399 e. The van der Waals surface area contributed by atoms with Crippen LogP contribution in [0.3, 0.4) is 0 Å². The summed E-state index contributed by atoms with van der Waals surface area (Å²) in [5.74, 6) is -0.00769. The Labute approximate surface area is 88.4 Å². The first-order valence-electron chi connectivity index (χ1n) is 4.22. The molecule has 1 aromatic rings. The first kappa shape index (κ1) is 10.8. The van der Waals surface area contributed by atoms with E-state index in [1.807, 2.05) is 6.92 Å². The maximum absolute atomic E-state index is 11.6. The van der Waals surface area contributed by atoms with E-state index in [-0.39, 0.29) is 5.78 Å². The quantitative estimate of drug-likeness (QED) is 0.472. The second-order valence-corrected chi connectivity index (χ2v) is 3.77. The number of rotatable bonds is 3. The highest BCUT2D eigenvalue weighted by Gasteiger charge is 2.07. The summed E-state index contributed by atoms with van der Waals surface area (Å²) in [6.45, 7) is 5.49. The van der Waals surface area contributed by atoms with Gasteiger partial charge in [0, 0.05) is 22.7 Å². The van der Waals surface area contributed by atoms with E-state index in [2.05, 4.69) is 6.58 Å². The lowest BCUT2D eigenvalue weighted by molar-refractivity contribution is 0.0993. The number of carbonyl (C=O) groups excluding carboxylic acids is 1. The number of allylic oxidation sites excluding steroid dienone is 1. The first-order valence-corrected chi connectivity index (χ1v) is 4.60. The molecule has 0 atom stereocenters. The highest BCUT2D eigenvalue weighted by molar-refractivity contribution is 6.31. The van der Waals surface area contributed by atoms with Crippen LogP contribution < -0.4 is 5.73 Å². The van der Waals surface area contributed by atoms with E-state index in [9.17, 15) is 4.79 Å². The van der Waals surface area contributed by atoms with Crippen molar-refractivity contribution >= 4 is 23.1 Å². The number of halogens is 1. The summed E-state index contributed by atoms with van der Waals surface area (Å²) in [7, 11) is 0. The molecule has 0 aromatic heterocycles. The number of anilines is 1. The normalized spacial score (nSPS) is 9.86. The smallest absolute Gasteiger partial charge is 0.167 e. The van der Waals surface area contributed by atoms with Gasteiger partial charge >= 0.3 is 0 Å². The Morgan fingerprint density at radius 2 is 2.14 bits per heavy atom. The fourth-order valence-corrected chi connectivity index (χ4v) is 1.39. The number of Topliss-reactive ketones (excluding diaryl/α,β-unsaturated/α-hetero) is 1. The van der Waals surface area contributed by atoms with E-state index in [1.165, 1.54) is 0 Å². The lowest BCUT2D eigenvalue weighted by atomic mass is 10.0. The van der Waals surface area contributed by atoms with Crippen molar-refractivity contribution < 1.29 is 4.79 Å². The second kappa shape index (κ2) is 4.29. The maximum atomic E-state index is 11.6. The zero-order chi connectivity index (χ0) is 10.7. The van der Waals surface area contributed by atoms with E-state index >= 15 is 0 Å². The molecule has 0 saturated heterocycles. The molecule has 0 radical (unpaired) electrons. The van der Waals surface area contributed by atoms with Gasteiger partial charge in [-0.2, -0.15) is 0 Å². The number of hydrogen-bond donors (Lipinski definition) is 1. The second-order valence-electron chi connectivity index (χ2n) is 3.33. The summed E-state index contributed by atoms with van der Waals surface area (Å²) < 4.78 is 0. The molecule has 0 aliphatic rings. The molecule has 0 unspecified atom stereocenters. The van der Waals surface area contributed by atoms with Crippen LogP contribution in [-0.4, -0.2) is 5.78 Å². The highest BCUT2D eigenvalue weighted by atomic mass is 35.5. The minimum absolute atomic E-state index is 0.00769. The van der Waals surface area contributed by atoms with Crippen molar-refractivity contribution in [3.05, 3.63) is 40.9 Å². The van der Waals surface area contributed by atoms with Crippen LogP contribution in [0.1, 0.15) is 23.7 Å². The van der Waals surface area contributed by atoms with Crippen molar-refractivity contribution in [2.24, 2.45) is 0 Å². The van der Waals surface area contributed by atoms with Gasteiger partial charge in [-0.1, -0.05) is 23.8 Å². The predicted octanol–water partition coefficient (Wildman–Crippen LogP) is 3.07. The first-order chi connectivity index (χ1) is 6.49. The Bertz CT molecular complexity index is 365. The average Bonchev–Trinajstić information content (AvgIpc) is 2.00. The molecule has 14 heavy (non-hydrogen) atoms. The van der Waals surface area contributed by atoms with Gasteiger partial charge in [-0.15, -0.1) is 0 Å². The standard InChI is InChI=1S/C11H12ClNO/c1-7(2)3-11(14)8-4-9(12)6-10(13)5-8/h4-6H,1,3,13H2,2H3.